The summed E-state index contributed by atoms with van der Waals surface area (Å²) in [5.41, 5.74) is 5.95. The predicted octanol–water partition coefficient (Wildman–Crippen LogP) is 1.11. The SMILES string of the molecule is Cn1nnnc1Sc1ccc(C(N)=NO)c(Cl)c1. The van der Waals surface area contributed by atoms with Gasteiger partial charge in [0.1, 0.15) is 0 Å². The third-order valence-corrected chi connectivity index (χ3v) is 3.45. The summed E-state index contributed by atoms with van der Waals surface area (Å²) < 4.78 is 1.55. The molecule has 9 heteroatoms. The van der Waals surface area contributed by atoms with Crippen molar-refractivity contribution in [2.24, 2.45) is 17.9 Å². The van der Waals surface area contributed by atoms with Crippen molar-refractivity contribution < 1.29 is 5.21 Å². The summed E-state index contributed by atoms with van der Waals surface area (Å²) in [6.07, 6.45) is 0. The summed E-state index contributed by atoms with van der Waals surface area (Å²) in [4.78, 5) is 0.854. The van der Waals surface area contributed by atoms with Crippen molar-refractivity contribution in [2.75, 3.05) is 0 Å². The number of oxime groups is 1. The molecule has 0 aliphatic heterocycles. The third-order valence-electron chi connectivity index (χ3n) is 2.11. The van der Waals surface area contributed by atoms with Crippen molar-refractivity contribution in [2.45, 2.75) is 10.1 Å². The van der Waals surface area contributed by atoms with Gasteiger partial charge in [-0.15, -0.1) is 5.10 Å². The van der Waals surface area contributed by atoms with Gasteiger partial charge in [-0.05, 0) is 40.4 Å². The van der Waals surface area contributed by atoms with E-state index in [4.69, 9.17) is 22.5 Å². The summed E-state index contributed by atoms with van der Waals surface area (Å²) in [5.74, 6) is -0.0307. The second-order valence-electron chi connectivity index (χ2n) is 3.31. The largest absolute Gasteiger partial charge is 0.409 e. The molecule has 0 spiro atoms. The Bertz CT molecular complexity index is 598. The number of tetrazole rings is 1. The molecule has 1 aromatic heterocycles. The molecule has 0 atom stereocenters. The molecule has 1 aromatic carbocycles. The van der Waals surface area contributed by atoms with Gasteiger partial charge < -0.3 is 10.9 Å². The predicted molar refractivity (Wildman–Crippen MR) is 66.9 cm³/mol. The highest BCUT2D eigenvalue weighted by atomic mass is 35.5. The highest BCUT2D eigenvalue weighted by Gasteiger charge is 2.09. The molecule has 94 valence electrons. The lowest BCUT2D eigenvalue weighted by Crippen LogP contribution is -2.13. The lowest BCUT2D eigenvalue weighted by Gasteiger charge is -2.04. The standard InChI is InChI=1S/C9H9ClN6OS/c1-16-9(12-14-15-16)18-5-2-3-6(7(10)4-5)8(11)13-17/h2-4,17H,1H3,(H2,11,13). The zero-order valence-electron chi connectivity index (χ0n) is 9.28. The number of aromatic nitrogens is 4. The first-order valence-corrected chi connectivity index (χ1v) is 5.99. The van der Waals surface area contributed by atoms with Gasteiger partial charge in [0.05, 0.1) is 5.02 Å². The molecule has 3 N–H and O–H groups in total. The number of hydrogen-bond donors (Lipinski definition) is 2. The van der Waals surface area contributed by atoms with Gasteiger partial charge in [0.15, 0.2) is 5.84 Å². The Labute approximate surface area is 112 Å². The number of rotatable bonds is 3. The fourth-order valence-electron chi connectivity index (χ4n) is 1.23. The Morgan fingerprint density at radius 1 is 1.56 bits per heavy atom. The minimum atomic E-state index is -0.0307. The molecule has 0 saturated heterocycles. The molecule has 0 aliphatic rings. The molecule has 2 aromatic rings. The molecule has 7 nitrogen and oxygen atoms in total. The average Bonchev–Trinajstić information content (AvgIpc) is 2.74. The molecule has 0 amide bonds. The fourth-order valence-corrected chi connectivity index (χ4v) is 2.35. The summed E-state index contributed by atoms with van der Waals surface area (Å²) >= 11 is 7.40. The monoisotopic (exact) mass is 284 g/mol. The quantitative estimate of drug-likeness (QED) is 0.379. The number of aryl methyl sites for hydroxylation is 1. The van der Waals surface area contributed by atoms with Crippen molar-refractivity contribution in [3.8, 4) is 0 Å². The van der Waals surface area contributed by atoms with E-state index in [1.54, 1.807) is 29.9 Å². The summed E-state index contributed by atoms with van der Waals surface area (Å²) in [5, 5.41) is 23.6. The fraction of sp³-hybridized carbons (Fsp3) is 0.111. The maximum absolute atomic E-state index is 8.60. The van der Waals surface area contributed by atoms with Gasteiger partial charge in [0.2, 0.25) is 5.16 Å². The summed E-state index contributed by atoms with van der Waals surface area (Å²) in [7, 11) is 1.74. The van der Waals surface area contributed by atoms with Crippen LogP contribution in [0.5, 0.6) is 0 Å². The van der Waals surface area contributed by atoms with Crippen LogP contribution in [-0.4, -0.2) is 31.3 Å². The van der Waals surface area contributed by atoms with Crippen molar-refractivity contribution in [1.82, 2.24) is 20.2 Å². The van der Waals surface area contributed by atoms with E-state index in [0.717, 1.165) is 4.90 Å². The maximum Gasteiger partial charge on any atom is 0.213 e. The van der Waals surface area contributed by atoms with Crippen molar-refractivity contribution in [3.05, 3.63) is 28.8 Å². The van der Waals surface area contributed by atoms with Gasteiger partial charge in [-0.1, -0.05) is 16.8 Å². The van der Waals surface area contributed by atoms with Gasteiger partial charge in [0, 0.05) is 17.5 Å². The Balaban J connectivity index is 2.27. The van der Waals surface area contributed by atoms with Crippen LogP contribution in [0, 0.1) is 0 Å². The molecule has 0 bridgehead atoms. The van der Waals surface area contributed by atoms with E-state index in [1.165, 1.54) is 11.8 Å². The topological polar surface area (TPSA) is 102 Å². The highest BCUT2D eigenvalue weighted by molar-refractivity contribution is 7.99. The number of nitrogens with zero attached hydrogens (tertiary/aromatic N) is 5. The molecule has 0 fully saturated rings. The van der Waals surface area contributed by atoms with Gasteiger partial charge in [-0.3, -0.25) is 0 Å². The van der Waals surface area contributed by atoms with Crippen LogP contribution >= 0.6 is 23.4 Å². The second-order valence-corrected chi connectivity index (χ2v) is 4.76. The first-order chi connectivity index (χ1) is 8.61. The molecule has 1 heterocycles. The minimum Gasteiger partial charge on any atom is -0.409 e. The highest BCUT2D eigenvalue weighted by Crippen LogP contribution is 2.28. The van der Waals surface area contributed by atoms with E-state index in [2.05, 4.69) is 20.7 Å². The first-order valence-electron chi connectivity index (χ1n) is 4.79. The van der Waals surface area contributed by atoms with Crippen LogP contribution in [-0.2, 0) is 7.05 Å². The van der Waals surface area contributed by atoms with Crippen molar-refractivity contribution in [3.63, 3.8) is 0 Å². The zero-order valence-corrected chi connectivity index (χ0v) is 10.9. The van der Waals surface area contributed by atoms with Gasteiger partial charge >= 0.3 is 0 Å². The van der Waals surface area contributed by atoms with Crippen LogP contribution in [0.2, 0.25) is 5.02 Å². The Kier molecular flexibility index (Phi) is 3.68. The molecule has 0 saturated carbocycles. The smallest absolute Gasteiger partial charge is 0.213 e. The van der Waals surface area contributed by atoms with Crippen molar-refractivity contribution in [1.29, 1.82) is 0 Å². The van der Waals surface area contributed by atoms with E-state index in [1.807, 2.05) is 0 Å². The Morgan fingerprint density at radius 3 is 2.89 bits per heavy atom. The molecule has 0 radical (unpaired) electrons. The molecule has 18 heavy (non-hydrogen) atoms. The van der Waals surface area contributed by atoms with Gasteiger partial charge in [-0.2, -0.15) is 0 Å². The lowest BCUT2D eigenvalue weighted by molar-refractivity contribution is 0.318. The maximum atomic E-state index is 8.60. The van der Waals surface area contributed by atoms with Crippen LogP contribution < -0.4 is 5.73 Å². The van der Waals surface area contributed by atoms with Gasteiger partial charge in [-0.25, -0.2) is 4.68 Å². The number of halogens is 1. The second kappa shape index (κ2) is 5.23. The average molecular weight is 285 g/mol. The number of nitrogens with two attached hydrogens (primary N) is 1. The Hall–Kier alpha value is -1.80. The van der Waals surface area contributed by atoms with Crippen LogP contribution in [0.25, 0.3) is 0 Å². The normalized spacial score (nSPS) is 11.8. The molecule has 2 rings (SSSR count). The molecule has 0 aliphatic carbocycles. The van der Waals surface area contributed by atoms with Crippen LogP contribution in [0.1, 0.15) is 5.56 Å². The molecular weight excluding hydrogens is 276 g/mol. The van der Waals surface area contributed by atoms with E-state index in [9.17, 15) is 0 Å². The van der Waals surface area contributed by atoms with Crippen LogP contribution in [0.3, 0.4) is 0 Å². The van der Waals surface area contributed by atoms with Crippen molar-refractivity contribution >= 4 is 29.2 Å². The number of hydrogen-bond acceptors (Lipinski definition) is 6. The van der Waals surface area contributed by atoms with E-state index < -0.39 is 0 Å². The summed E-state index contributed by atoms with van der Waals surface area (Å²) in [6, 6.07) is 5.16. The van der Waals surface area contributed by atoms with Crippen LogP contribution in [0.4, 0.5) is 0 Å². The first kappa shape index (κ1) is 12.7. The lowest BCUT2D eigenvalue weighted by atomic mass is 10.2. The van der Waals surface area contributed by atoms with E-state index >= 15 is 0 Å². The Morgan fingerprint density at radius 2 is 2.33 bits per heavy atom. The van der Waals surface area contributed by atoms with E-state index in [-0.39, 0.29) is 5.84 Å². The summed E-state index contributed by atoms with van der Waals surface area (Å²) in [6.45, 7) is 0. The molecular formula is C9H9ClN6OS. The number of amidine groups is 1. The van der Waals surface area contributed by atoms with E-state index in [0.29, 0.717) is 15.7 Å². The minimum absolute atomic E-state index is 0.0307. The zero-order chi connectivity index (χ0) is 13.1. The van der Waals surface area contributed by atoms with Gasteiger partial charge in [0.25, 0.3) is 0 Å². The third kappa shape index (κ3) is 2.54. The molecule has 0 unspecified atom stereocenters. The number of benzene rings is 1. The van der Waals surface area contributed by atoms with Crippen LogP contribution in [0.15, 0.2) is 33.4 Å².